The molecule has 5 nitrogen and oxygen atoms in total. The number of benzene rings is 6. The molecule has 0 heterocycles. The van der Waals surface area contributed by atoms with Crippen molar-refractivity contribution in [1.82, 2.24) is 0 Å². The van der Waals surface area contributed by atoms with Crippen LogP contribution in [0.5, 0.6) is 0 Å². The first kappa shape index (κ1) is 33.7. The zero-order valence-corrected chi connectivity index (χ0v) is 28.8. The molecule has 6 aromatic rings. The molecule has 0 atom stereocenters. The quantitative estimate of drug-likeness (QED) is 0.117. The molecule has 0 saturated heterocycles. The minimum Gasteiger partial charge on any atom is -0.380 e. The predicted octanol–water partition coefficient (Wildman–Crippen LogP) is 11.3. The summed E-state index contributed by atoms with van der Waals surface area (Å²) in [5.41, 5.74) is 13.6. The van der Waals surface area contributed by atoms with E-state index in [9.17, 15) is 0 Å². The fourth-order valence-electron chi connectivity index (χ4n) is 6.10. The van der Waals surface area contributed by atoms with Crippen LogP contribution in [0, 0.1) is 0 Å². The van der Waals surface area contributed by atoms with Crippen LogP contribution in [0.1, 0.15) is 29.2 Å². The molecule has 0 aliphatic carbocycles. The van der Waals surface area contributed by atoms with Crippen LogP contribution >= 0.6 is 0 Å². The Hall–Kier alpha value is -5.20. The molecule has 0 saturated carbocycles. The predicted molar refractivity (Wildman–Crippen MR) is 203 cm³/mol. The van der Waals surface area contributed by atoms with Gasteiger partial charge in [0.2, 0.25) is 0 Å². The van der Waals surface area contributed by atoms with Crippen LogP contribution in [0.3, 0.4) is 0 Å². The first-order chi connectivity index (χ1) is 24.1. The molecular formula is C44H44N2O3. The average molecular weight is 649 g/mol. The van der Waals surface area contributed by atoms with Gasteiger partial charge >= 0.3 is 0 Å². The molecule has 6 aromatic carbocycles. The molecule has 49 heavy (non-hydrogen) atoms. The Morgan fingerprint density at radius 1 is 0.327 bits per heavy atom. The molecule has 0 aliphatic heterocycles. The molecule has 5 heteroatoms. The molecule has 0 spiro atoms. The van der Waals surface area contributed by atoms with Crippen molar-refractivity contribution in [3.63, 3.8) is 0 Å². The number of nitrogens with zero attached hydrogens (tertiary/aromatic N) is 2. The Morgan fingerprint density at radius 2 is 0.551 bits per heavy atom. The monoisotopic (exact) mass is 648 g/mol. The maximum absolute atomic E-state index is 5.34. The van der Waals surface area contributed by atoms with Gasteiger partial charge in [0, 0.05) is 55.5 Å². The van der Waals surface area contributed by atoms with Gasteiger partial charge in [0.05, 0.1) is 19.8 Å². The van der Waals surface area contributed by atoms with E-state index in [1.807, 2.05) is 0 Å². The maximum atomic E-state index is 5.34. The lowest BCUT2D eigenvalue weighted by atomic mass is 10.0. The number of rotatable bonds is 14. The minimum absolute atomic E-state index is 0.586. The first-order valence-electron chi connectivity index (χ1n) is 16.7. The van der Waals surface area contributed by atoms with E-state index in [0.29, 0.717) is 19.8 Å². The van der Waals surface area contributed by atoms with Gasteiger partial charge in [-0.1, -0.05) is 79.7 Å². The number of hydrogen-bond donors (Lipinski definition) is 0. The Bertz CT molecular complexity index is 1830. The number of hydrogen-bond acceptors (Lipinski definition) is 5. The van der Waals surface area contributed by atoms with Gasteiger partial charge < -0.3 is 24.0 Å². The molecule has 0 aromatic heterocycles. The van der Waals surface area contributed by atoms with Crippen LogP contribution in [0.4, 0.5) is 34.1 Å². The summed E-state index contributed by atoms with van der Waals surface area (Å²) in [6, 6.07) is 52.1. The van der Waals surface area contributed by atoms with Crippen LogP contribution in [0.2, 0.25) is 0 Å². The standard InChI is InChI=1S/C44H44N2O3/c1-5-33-6-18-39(19-7-33)45(40-20-8-34(9-21-40)30-47-2)43-26-14-37(15-27-43)38-16-28-44(29-17-38)46(41-22-10-35(11-23-41)31-48-3)42-24-12-36(13-25-42)32-49-4/h6-29H,5,30-32H2,1-4H3. The smallest absolute Gasteiger partial charge is 0.0713 e. The van der Waals surface area contributed by atoms with E-state index < -0.39 is 0 Å². The van der Waals surface area contributed by atoms with Crippen molar-refractivity contribution < 1.29 is 14.2 Å². The molecule has 0 N–H and O–H groups in total. The number of methoxy groups -OCH3 is 3. The highest BCUT2D eigenvalue weighted by Crippen LogP contribution is 2.38. The van der Waals surface area contributed by atoms with Gasteiger partial charge in [0.25, 0.3) is 0 Å². The van der Waals surface area contributed by atoms with E-state index in [-0.39, 0.29) is 0 Å². The topological polar surface area (TPSA) is 34.2 Å². The summed E-state index contributed by atoms with van der Waals surface area (Å²) in [6.45, 7) is 3.95. The van der Waals surface area contributed by atoms with Crippen molar-refractivity contribution in [2.24, 2.45) is 0 Å². The Labute approximate surface area is 290 Å². The highest BCUT2D eigenvalue weighted by atomic mass is 16.5. The second-order valence-electron chi connectivity index (χ2n) is 12.1. The molecule has 0 bridgehead atoms. The second kappa shape index (κ2) is 16.3. The minimum atomic E-state index is 0.586. The molecule has 0 aliphatic rings. The zero-order chi connectivity index (χ0) is 34.0. The summed E-state index contributed by atoms with van der Waals surface area (Å²) in [5.74, 6) is 0. The van der Waals surface area contributed by atoms with Gasteiger partial charge in [-0.2, -0.15) is 0 Å². The second-order valence-corrected chi connectivity index (χ2v) is 12.1. The third kappa shape index (κ3) is 8.10. The SMILES string of the molecule is CCc1ccc(N(c2ccc(COC)cc2)c2ccc(-c3ccc(N(c4ccc(COC)cc4)c4ccc(COC)cc4)cc3)cc2)cc1. The van der Waals surface area contributed by atoms with Gasteiger partial charge in [-0.15, -0.1) is 0 Å². The van der Waals surface area contributed by atoms with E-state index in [4.69, 9.17) is 14.2 Å². The van der Waals surface area contributed by atoms with E-state index in [1.54, 1.807) is 21.3 Å². The normalized spacial score (nSPS) is 11.0. The Balaban J connectivity index is 1.29. The third-order valence-corrected chi connectivity index (χ3v) is 8.70. The van der Waals surface area contributed by atoms with E-state index in [1.165, 1.54) is 5.56 Å². The van der Waals surface area contributed by atoms with Crippen LogP contribution in [-0.2, 0) is 40.5 Å². The van der Waals surface area contributed by atoms with Gasteiger partial charge in [-0.3, -0.25) is 0 Å². The number of aryl methyl sites for hydroxylation is 1. The molecule has 0 fully saturated rings. The fraction of sp³-hybridized carbons (Fsp3) is 0.182. The van der Waals surface area contributed by atoms with Crippen molar-refractivity contribution in [2.75, 3.05) is 31.1 Å². The van der Waals surface area contributed by atoms with Crippen molar-refractivity contribution in [1.29, 1.82) is 0 Å². The lowest BCUT2D eigenvalue weighted by Gasteiger charge is -2.26. The van der Waals surface area contributed by atoms with Crippen LogP contribution in [0.25, 0.3) is 11.1 Å². The third-order valence-electron chi connectivity index (χ3n) is 8.70. The van der Waals surface area contributed by atoms with E-state index in [0.717, 1.165) is 68.4 Å². The Morgan fingerprint density at radius 3 is 0.776 bits per heavy atom. The molecular weight excluding hydrogens is 604 g/mol. The van der Waals surface area contributed by atoms with Crippen molar-refractivity contribution in [3.8, 4) is 11.1 Å². The van der Waals surface area contributed by atoms with Gasteiger partial charge in [0.15, 0.2) is 0 Å². The number of anilines is 6. The molecule has 248 valence electrons. The maximum Gasteiger partial charge on any atom is 0.0713 e. The van der Waals surface area contributed by atoms with Crippen LogP contribution < -0.4 is 9.80 Å². The zero-order valence-electron chi connectivity index (χ0n) is 28.8. The largest absolute Gasteiger partial charge is 0.380 e. The summed E-state index contributed by atoms with van der Waals surface area (Å²) in [6.07, 6.45) is 1.01. The highest BCUT2D eigenvalue weighted by Gasteiger charge is 2.15. The summed E-state index contributed by atoms with van der Waals surface area (Å²) in [5, 5.41) is 0. The summed E-state index contributed by atoms with van der Waals surface area (Å²) < 4.78 is 16.0. The molecule has 0 amide bonds. The molecule has 6 rings (SSSR count). The summed E-state index contributed by atoms with van der Waals surface area (Å²) in [4.78, 5) is 4.58. The average Bonchev–Trinajstić information content (AvgIpc) is 3.15. The lowest BCUT2D eigenvalue weighted by Crippen LogP contribution is -2.10. The van der Waals surface area contributed by atoms with E-state index in [2.05, 4.69) is 162 Å². The lowest BCUT2D eigenvalue weighted by molar-refractivity contribution is 0.185. The molecule has 0 radical (unpaired) electrons. The van der Waals surface area contributed by atoms with Crippen molar-refractivity contribution >= 4 is 34.1 Å². The Kier molecular flexibility index (Phi) is 11.2. The fourth-order valence-corrected chi connectivity index (χ4v) is 6.10. The number of ether oxygens (including phenoxy) is 3. The first-order valence-corrected chi connectivity index (χ1v) is 16.7. The van der Waals surface area contributed by atoms with Gasteiger partial charge in [-0.05, 0) is 113 Å². The van der Waals surface area contributed by atoms with Gasteiger partial charge in [0.1, 0.15) is 0 Å². The van der Waals surface area contributed by atoms with Crippen molar-refractivity contribution in [3.05, 3.63) is 168 Å². The van der Waals surface area contributed by atoms with Gasteiger partial charge in [-0.25, -0.2) is 0 Å². The molecule has 0 unspecified atom stereocenters. The van der Waals surface area contributed by atoms with Crippen LogP contribution in [-0.4, -0.2) is 21.3 Å². The van der Waals surface area contributed by atoms with E-state index >= 15 is 0 Å². The summed E-state index contributed by atoms with van der Waals surface area (Å²) >= 11 is 0. The van der Waals surface area contributed by atoms with Crippen LogP contribution in [0.15, 0.2) is 146 Å². The highest BCUT2D eigenvalue weighted by molar-refractivity contribution is 5.81. The summed E-state index contributed by atoms with van der Waals surface area (Å²) in [7, 11) is 5.17. The van der Waals surface area contributed by atoms with Crippen molar-refractivity contribution in [2.45, 2.75) is 33.2 Å².